The Morgan fingerprint density at radius 2 is 1.88 bits per heavy atom. The van der Waals surface area contributed by atoms with Crippen LogP contribution >= 0.6 is 0 Å². The van der Waals surface area contributed by atoms with E-state index in [-0.39, 0.29) is 0 Å². The quantitative estimate of drug-likeness (QED) is 0.752. The number of methoxy groups -OCH3 is 1. The lowest BCUT2D eigenvalue weighted by Gasteiger charge is -2.17. The Morgan fingerprint density at radius 1 is 1.17 bits per heavy atom. The van der Waals surface area contributed by atoms with Gasteiger partial charge < -0.3 is 9.47 Å². The summed E-state index contributed by atoms with van der Waals surface area (Å²) in [7, 11) is -0.0778. The molecular formula is C19H22O4S. The molecule has 2 atom stereocenters. The zero-order valence-electron chi connectivity index (χ0n) is 14.4. The third-order valence-electron chi connectivity index (χ3n) is 3.81. The first-order valence-corrected chi connectivity index (χ1v) is 9.24. The minimum atomic E-state index is -1.38. The Balaban J connectivity index is 2.30. The zero-order valence-corrected chi connectivity index (χ0v) is 15.2. The maximum absolute atomic E-state index is 12.0. The molecule has 0 N–H and O–H groups in total. The van der Waals surface area contributed by atoms with Crippen LogP contribution in [0.2, 0.25) is 0 Å². The lowest BCUT2D eigenvalue weighted by Crippen LogP contribution is -2.20. The minimum absolute atomic E-state index is 0.297. The molecule has 4 nitrogen and oxygen atoms in total. The summed E-state index contributed by atoms with van der Waals surface area (Å²) < 4.78 is 22.8. The summed E-state index contributed by atoms with van der Waals surface area (Å²) in [6.07, 6.45) is 1.50. The molecule has 0 aliphatic heterocycles. The number of aryl methyl sites for hydroxylation is 2. The first-order valence-electron chi connectivity index (χ1n) is 7.62. The molecule has 0 heterocycles. The van der Waals surface area contributed by atoms with E-state index in [4.69, 9.17) is 9.47 Å². The number of benzene rings is 2. The third kappa shape index (κ3) is 4.23. The van der Waals surface area contributed by atoms with Crippen LogP contribution in [0, 0.1) is 13.8 Å². The topological polar surface area (TPSA) is 52.6 Å². The number of ether oxygens (including phenoxy) is 2. The van der Waals surface area contributed by atoms with Crippen LogP contribution in [0.15, 0.2) is 42.5 Å². The van der Waals surface area contributed by atoms with Crippen LogP contribution in [0.4, 0.5) is 0 Å². The second-order valence-electron chi connectivity index (χ2n) is 5.66. The Bertz CT molecular complexity index is 755. The Labute approximate surface area is 145 Å². The van der Waals surface area contributed by atoms with Crippen LogP contribution in [0.3, 0.4) is 0 Å². The van der Waals surface area contributed by atoms with Gasteiger partial charge in [-0.05, 0) is 42.2 Å². The van der Waals surface area contributed by atoms with Gasteiger partial charge in [0, 0.05) is 17.1 Å². The van der Waals surface area contributed by atoms with Crippen molar-refractivity contribution in [1.82, 2.24) is 0 Å². The highest BCUT2D eigenvalue weighted by Gasteiger charge is 2.27. The molecule has 0 amide bonds. The van der Waals surface area contributed by atoms with Crippen LogP contribution < -0.4 is 4.74 Å². The van der Waals surface area contributed by atoms with Crippen LogP contribution in [0.25, 0.3) is 0 Å². The largest absolute Gasteiger partial charge is 0.489 e. The number of rotatable bonds is 6. The average Bonchev–Trinajstić information content (AvgIpc) is 2.56. The summed E-state index contributed by atoms with van der Waals surface area (Å²) >= 11 is 0. The van der Waals surface area contributed by atoms with E-state index in [0.29, 0.717) is 12.2 Å². The summed E-state index contributed by atoms with van der Waals surface area (Å²) in [5.74, 6) is 0.298. The molecule has 128 valence electrons. The van der Waals surface area contributed by atoms with Crippen molar-refractivity contribution in [3.8, 4) is 5.75 Å². The van der Waals surface area contributed by atoms with Crippen molar-refractivity contribution in [2.75, 3.05) is 13.4 Å². The maximum Gasteiger partial charge on any atom is 0.326 e. The summed E-state index contributed by atoms with van der Waals surface area (Å²) in [4.78, 5) is 12.0. The molecule has 2 rings (SSSR count). The average molecular weight is 346 g/mol. The van der Waals surface area contributed by atoms with Gasteiger partial charge in [-0.25, -0.2) is 0 Å². The zero-order chi connectivity index (χ0) is 17.7. The van der Waals surface area contributed by atoms with Gasteiger partial charge in [-0.15, -0.1) is 0 Å². The Morgan fingerprint density at radius 3 is 2.54 bits per heavy atom. The van der Waals surface area contributed by atoms with Gasteiger partial charge in [-0.2, -0.15) is 0 Å². The number of carbonyl (C=O) groups is 1. The molecule has 0 spiro atoms. The molecule has 0 aliphatic carbocycles. The van der Waals surface area contributed by atoms with Gasteiger partial charge in [0.2, 0.25) is 0 Å². The molecule has 0 aromatic heterocycles. The Kier molecular flexibility index (Phi) is 6.15. The number of hydrogen-bond donors (Lipinski definition) is 0. The Hall–Kier alpha value is -2.14. The molecule has 2 aromatic carbocycles. The number of carbonyl (C=O) groups excluding carboxylic acids is 1. The van der Waals surface area contributed by atoms with E-state index < -0.39 is 22.0 Å². The molecule has 2 aromatic rings. The van der Waals surface area contributed by atoms with Crippen LogP contribution in [-0.2, 0) is 26.9 Å². The summed E-state index contributed by atoms with van der Waals surface area (Å²) in [6, 6.07) is 13.4. The minimum Gasteiger partial charge on any atom is -0.489 e. The van der Waals surface area contributed by atoms with E-state index in [1.54, 1.807) is 6.07 Å². The molecule has 24 heavy (non-hydrogen) atoms. The monoisotopic (exact) mass is 346 g/mol. The van der Waals surface area contributed by atoms with Crippen LogP contribution in [0.1, 0.15) is 27.5 Å². The highest BCUT2D eigenvalue weighted by atomic mass is 32.2. The maximum atomic E-state index is 12.0. The highest BCUT2D eigenvalue weighted by Crippen LogP contribution is 2.26. The van der Waals surface area contributed by atoms with Crippen molar-refractivity contribution in [2.24, 2.45) is 0 Å². The predicted molar refractivity (Wildman–Crippen MR) is 95.5 cm³/mol. The third-order valence-corrected chi connectivity index (χ3v) is 4.92. The standard InChI is InChI=1S/C19H22O4S/c1-13-9-10-14(2)17(11-13)23-12-15-7-5-6-8-16(15)18(24(4)21)19(20)22-3/h5-11,18H,12H2,1-4H3. The first-order chi connectivity index (χ1) is 11.4. The van der Waals surface area contributed by atoms with Crippen molar-refractivity contribution in [1.29, 1.82) is 0 Å². The van der Waals surface area contributed by atoms with Crippen LogP contribution in [0.5, 0.6) is 5.75 Å². The van der Waals surface area contributed by atoms with E-state index in [1.807, 2.05) is 50.2 Å². The van der Waals surface area contributed by atoms with Gasteiger partial charge in [0.15, 0.2) is 5.25 Å². The van der Waals surface area contributed by atoms with Crippen molar-refractivity contribution in [2.45, 2.75) is 25.7 Å². The van der Waals surface area contributed by atoms with E-state index in [9.17, 15) is 9.00 Å². The smallest absolute Gasteiger partial charge is 0.326 e. The molecule has 0 saturated carbocycles. The molecule has 2 unspecified atom stereocenters. The van der Waals surface area contributed by atoms with E-state index in [2.05, 4.69) is 0 Å². The molecule has 0 fully saturated rings. The van der Waals surface area contributed by atoms with Crippen molar-refractivity contribution in [3.05, 3.63) is 64.7 Å². The van der Waals surface area contributed by atoms with Gasteiger partial charge in [0.25, 0.3) is 0 Å². The van der Waals surface area contributed by atoms with Gasteiger partial charge in [0.05, 0.1) is 7.11 Å². The van der Waals surface area contributed by atoms with Gasteiger partial charge >= 0.3 is 5.97 Å². The van der Waals surface area contributed by atoms with Crippen molar-refractivity contribution >= 4 is 16.8 Å². The molecule has 0 radical (unpaired) electrons. The summed E-state index contributed by atoms with van der Waals surface area (Å²) in [6.45, 7) is 4.29. The van der Waals surface area contributed by atoms with E-state index in [0.717, 1.165) is 22.4 Å². The summed E-state index contributed by atoms with van der Waals surface area (Å²) in [5.41, 5.74) is 3.66. The fourth-order valence-corrected chi connectivity index (χ4v) is 3.44. The van der Waals surface area contributed by atoms with Crippen LogP contribution in [-0.4, -0.2) is 23.5 Å². The van der Waals surface area contributed by atoms with Gasteiger partial charge in [0.1, 0.15) is 12.4 Å². The van der Waals surface area contributed by atoms with Gasteiger partial charge in [-0.1, -0.05) is 36.4 Å². The molecule has 0 bridgehead atoms. The highest BCUT2D eigenvalue weighted by molar-refractivity contribution is 7.85. The molecular weight excluding hydrogens is 324 g/mol. The predicted octanol–water partition coefficient (Wildman–Crippen LogP) is 3.48. The molecule has 5 heteroatoms. The molecule has 0 saturated heterocycles. The van der Waals surface area contributed by atoms with E-state index >= 15 is 0 Å². The summed E-state index contributed by atoms with van der Waals surface area (Å²) in [5, 5.41) is -0.812. The SMILES string of the molecule is COC(=O)C(c1ccccc1COc1cc(C)ccc1C)S(C)=O. The lowest BCUT2D eigenvalue weighted by molar-refractivity contribution is -0.140. The van der Waals surface area contributed by atoms with Gasteiger partial charge in [-0.3, -0.25) is 9.00 Å². The van der Waals surface area contributed by atoms with Crippen molar-refractivity contribution in [3.63, 3.8) is 0 Å². The normalized spacial score (nSPS) is 13.2. The second-order valence-corrected chi connectivity index (χ2v) is 7.13. The first kappa shape index (κ1) is 18.2. The molecule has 0 aliphatic rings. The number of esters is 1. The fraction of sp³-hybridized carbons (Fsp3) is 0.316. The van der Waals surface area contributed by atoms with E-state index in [1.165, 1.54) is 13.4 Å². The number of hydrogen-bond acceptors (Lipinski definition) is 4. The fourth-order valence-electron chi connectivity index (χ4n) is 2.49. The second kappa shape index (κ2) is 8.11. The van der Waals surface area contributed by atoms with Crippen molar-refractivity contribution < 1.29 is 18.5 Å². The lowest BCUT2D eigenvalue weighted by atomic mass is 10.0.